The summed E-state index contributed by atoms with van der Waals surface area (Å²) >= 11 is 0. The molecule has 0 fully saturated rings. The lowest BCUT2D eigenvalue weighted by molar-refractivity contribution is 0.478. The van der Waals surface area contributed by atoms with Gasteiger partial charge >= 0.3 is 0 Å². The monoisotopic (exact) mass is 424 g/mol. The molecule has 33 heavy (non-hydrogen) atoms. The molecule has 0 radical (unpaired) electrons. The van der Waals surface area contributed by atoms with Crippen molar-refractivity contribution in [1.82, 2.24) is 9.97 Å². The fourth-order valence-electron chi connectivity index (χ4n) is 4.45. The Kier molecular flexibility index (Phi) is 4.59. The van der Waals surface area contributed by atoms with Crippen molar-refractivity contribution in [2.45, 2.75) is 0 Å². The number of hydrogen-bond donors (Lipinski definition) is 1. The van der Waals surface area contributed by atoms with Crippen molar-refractivity contribution in [3.05, 3.63) is 115 Å². The Hall–Kier alpha value is -4.50. The van der Waals surface area contributed by atoms with Gasteiger partial charge in [0.05, 0.1) is 11.2 Å². The van der Waals surface area contributed by atoms with Gasteiger partial charge in [0.2, 0.25) is 0 Å². The van der Waals surface area contributed by atoms with Gasteiger partial charge in [-0.2, -0.15) is 0 Å². The molecule has 0 spiro atoms. The Labute approximate surface area is 191 Å². The average molecular weight is 425 g/mol. The molecular weight excluding hydrogens is 404 g/mol. The minimum atomic E-state index is 0.253. The van der Waals surface area contributed by atoms with E-state index >= 15 is 0 Å². The molecule has 3 nitrogen and oxygen atoms in total. The third kappa shape index (κ3) is 3.31. The summed E-state index contributed by atoms with van der Waals surface area (Å²) < 4.78 is 0. The maximum Gasteiger partial charge on any atom is 0.160 e. The second kappa shape index (κ2) is 7.88. The van der Waals surface area contributed by atoms with Gasteiger partial charge in [0.25, 0.3) is 0 Å². The number of benzene rings is 5. The van der Waals surface area contributed by atoms with Crippen molar-refractivity contribution < 1.29 is 5.11 Å². The normalized spacial score (nSPS) is 11.2. The zero-order valence-corrected chi connectivity index (χ0v) is 17.8. The number of phenolic OH excluding ortho intramolecular Hbond substituents is 1. The zero-order valence-electron chi connectivity index (χ0n) is 17.8. The molecule has 3 heteroatoms. The molecule has 6 aromatic rings. The summed E-state index contributed by atoms with van der Waals surface area (Å²) in [6.45, 7) is 0. The number of fused-ring (bicyclic) bond motifs is 2. The maximum absolute atomic E-state index is 10.9. The molecule has 1 heterocycles. The molecule has 0 aliphatic carbocycles. The molecule has 156 valence electrons. The molecule has 6 rings (SSSR count). The fourth-order valence-corrected chi connectivity index (χ4v) is 4.45. The van der Waals surface area contributed by atoms with Gasteiger partial charge in [0.15, 0.2) is 5.82 Å². The van der Waals surface area contributed by atoms with Crippen molar-refractivity contribution in [3.63, 3.8) is 0 Å². The first-order valence-corrected chi connectivity index (χ1v) is 10.9. The van der Waals surface area contributed by atoms with Gasteiger partial charge in [-0.3, -0.25) is 0 Å². The van der Waals surface area contributed by atoms with Crippen molar-refractivity contribution in [2.75, 3.05) is 0 Å². The summed E-state index contributed by atoms with van der Waals surface area (Å²) in [5.74, 6) is 0.934. The Morgan fingerprint density at radius 3 is 2.03 bits per heavy atom. The van der Waals surface area contributed by atoms with Gasteiger partial charge in [-0.25, -0.2) is 9.97 Å². The topological polar surface area (TPSA) is 46.0 Å². The van der Waals surface area contributed by atoms with E-state index in [0.29, 0.717) is 5.82 Å². The minimum Gasteiger partial charge on any atom is -0.507 e. The number of para-hydroxylation sites is 1. The van der Waals surface area contributed by atoms with Crippen molar-refractivity contribution in [3.8, 4) is 39.5 Å². The van der Waals surface area contributed by atoms with Crippen LogP contribution in [0.3, 0.4) is 0 Å². The Morgan fingerprint density at radius 1 is 0.515 bits per heavy atom. The number of phenols is 1. The molecule has 0 aliphatic rings. The lowest BCUT2D eigenvalue weighted by Gasteiger charge is -2.16. The van der Waals surface area contributed by atoms with Crippen LogP contribution in [0.5, 0.6) is 5.75 Å². The first-order chi connectivity index (χ1) is 16.3. The first kappa shape index (κ1) is 19.2. The minimum absolute atomic E-state index is 0.253. The summed E-state index contributed by atoms with van der Waals surface area (Å²) in [5, 5.41) is 14.0. The van der Waals surface area contributed by atoms with Crippen LogP contribution >= 0.6 is 0 Å². The summed E-state index contributed by atoms with van der Waals surface area (Å²) in [6.07, 6.45) is 0. The zero-order chi connectivity index (χ0) is 22.2. The van der Waals surface area contributed by atoms with Crippen LogP contribution in [0, 0.1) is 0 Å². The lowest BCUT2D eigenvalue weighted by atomic mass is 9.91. The van der Waals surface area contributed by atoms with E-state index in [-0.39, 0.29) is 5.75 Å². The van der Waals surface area contributed by atoms with Crippen LogP contribution in [0.2, 0.25) is 0 Å². The summed E-state index contributed by atoms with van der Waals surface area (Å²) in [7, 11) is 0. The molecular formula is C30H20N2O. The number of aromatic hydroxyl groups is 1. The van der Waals surface area contributed by atoms with E-state index in [4.69, 9.17) is 9.97 Å². The van der Waals surface area contributed by atoms with Crippen molar-refractivity contribution in [1.29, 1.82) is 0 Å². The van der Waals surface area contributed by atoms with Gasteiger partial charge < -0.3 is 5.11 Å². The smallest absolute Gasteiger partial charge is 0.160 e. The van der Waals surface area contributed by atoms with E-state index in [1.54, 1.807) is 6.07 Å². The standard InChI is InChI=1S/C30H20N2O/c33-27-19-18-20-10-4-5-13-22(20)28(27)23-14-6-7-15-24(23)29-25-16-8-9-17-26(25)31-30(32-29)21-11-2-1-3-12-21/h1-19,33H. The molecule has 0 aliphatic heterocycles. The number of nitrogens with zero attached hydrogens (tertiary/aromatic N) is 2. The van der Waals surface area contributed by atoms with Gasteiger partial charge in [0, 0.05) is 22.1 Å². The number of rotatable bonds is 3. The highest BCUT2D eigenvalue weighted by molar-refractivity contribution is 6.05. The van der Waals surface area contributed by atoms with Crippen LogP contribution in [0.4, 0.5) is 0 Å². The van der Waals surface area contributed by atoms with E-state index in [1.807, 2.05) is 78.9 Å². The van der Waals surface area contributed by atoms with Crippen LogP contribution in [0.25, 0.3) is 55.4 Å². The highest BCUT2D eigenvalue weighted by Crippen LogP contribution is 2.42. The molecule has 0 unspecified atom stereocenters. The molecule has 1 aromatic heterocycles. The largest absolute Gasteiger partial charge is 0.507 e. The first-order valence-electron chi connectivity index (χ1n) is 10.9. The number of hydrogen-bond acceptors (Lipinski definition) is 3. The van der Waals surface area contributed by atoms with E-state index in [1.165, 1.54) is 0 Å². The van der Waals surface area contributed by atoms with Crippen molar-refractivity contribution in [2.24, 2.45) is 0 Å². The summed E-state index contributed by atoms with van der Waals surface area (Å²) in [4.78, 5) is 9.89. The predicted octanol–water partition coefficient (Wildman–Crippen LogP) is 7.49. The van der Waals surface area contributed by atoms with E-state index in [9.17, 15) is 5.11 Å². The van der Waals surface area contributed by atoms with Gasteiger partial charge in [-0.05, 0) is 28.5 Å². The van der Waals surface area contributed by atoms with Crippen LogP contribution < -0.4 is 0 Å². The van der Waals surface area contributed by atoms with Crippen LogP contribution in [-0.2, 0) is 0 Å². The molecule has 1 N–H and O–H groups in total. The molecule has 0 saturated carbocycles. The Bertz CT molecular complexity index is 1620. The van der Waals surface area contributed by atoms with Gasteiger partial charge in [0.1, 0.15) is 5.75 Å². The molecule has 0 amide bonds. The van der Waals surface area contributed by atoms with Crippen LogP contribution in [-0.4, -0.2) is 15.1 Å². The van der Waals surface area contributed by atoms with Gasteiger partial charge in [-0.1, -0.05) is 103 Å². The second-order valence-electron chi connectivity index (χ2n) is 8.01. The highest BCUT2D eigenvalue weighted by atomic mass is 16.3. The maximum atomic E-state index is 10.9. The third-order valence-electron chi connectivity index (χ3n) is 5.99. The van der Waals surface area contributed by atoms with E-state index in [0.717, 1.165) is 49.6 Å². The van der Waals surface area contributed by atoms with E-state index < -0.39 is 0 Å². The molecule has 0 saturated heterocycles. The fraction of sp³-hybridized carbons (Fsp3) is 0. The number of aromatic nitrogens is 2. The summed E-state index contributed by atoms with van der Waals surface area (Å²) in [6, 6.07) is 38.1. The highest BCUT2D eigenvalue weighted by Gasteiger charge is 2.18. The quantitative estimate of drug-likeness (QED) is 0.320. The third-order valence-corrected chi connectivity index (χ3v) is 5.99. The van der Waals surface area contributed by atoms with Crippen molar-refractivity contribution >= 4 is 21.7 Å². The molecule has 0 bridgehead atoms. The van der Waals surface area contributed by atoms with Crippen LogP contribution in [0.15, 0.2) is 115 Å². The predicted molar refractivity (Wildman–Crippen MR) is 135 cm³/mol. The van der Waals surface area contributed by atoms with Gasteiger partial charge in [-0.15, -0.1) is 0 Å². The SMILES string of the molecule is Oc1ccc2ccccc2c1-c1ccccc1-c1nc(-c2ccccc2)nc2ccccc12. The Morgan fingerprint density at radius 2 is 1.18 bits per heavy atom. The average Bonchev–Trinajstić information content (AvgIpc) is 2.88. The Balaban J connectivity index is 1.68. The molecule has 0 atom stereocenters. The lowest BCUT2D eigenvalue weighted by Crippen LogP contribution is -1.96. The van der Waals surface area contributed by atoms with Crippen LogP contribution in [0.1, 0.15) is 0 Å². The summed E-state index contributed by atoms with van der Waals surface area (Å²) in [5.41, 5.74) is 5.41. The second-order valence-corrected chi connectivity index (χ2v) is 8.01. The molecule has 5 aromatic carbocycles. The van der Waals surface area contributed by atoms with E-state index in [2.05, 4.69) is 30.3 Å².